The van der Waals surface area contributed by atoms with Crippen molar-refractivity contribution < 1.29 is 14.3 Å². The molecule has 4 rings (SSSR count). The first kappa shape index (κ1) is 21.2. The number of hydrogen-bond acceptors (Lipinski definition) is 4. The number of rotatable bonds is 6. The van der Waals surface area contributed by atoms with Gasteiger partial charge in [0.2, 0.25) is 0 Å². The van der Waals surface area contributed by atoms with Gasteiger partial charge in [-0.2, -0.15) is 0 Å². The molecule has 4 nitrogen and oxygen atoms in total. The van der Waals surface area contributed by atoms with Crippen molar-refractivity contribution in [1.29, 1.82) is 0 Å². The molecule has 2 amide bonds. The van der Waals surface area contributed by atoms with Gasteiger partial charge in [0.05, 0.1) is 11.4 Å². The molecule has 156 valence electrons. The smallest absolute Gasteiger partial charge is 0.293 e. The Kier molecular flexibility index (Phi) is 6.44. The molecule has 0 atom stereocenters. The van der Waals surface area contributed by atoms with Crippen molar-refractivity contribution in [3.05, 3.63) is 105 Å². The first-order valence-electron chi connectivity index (χ1n) is 9.76. The lowest BCUT2D eigenvalue weighted by Gasteiger charge is -2.12. The normalized spacial score (nSPS) is 15.0. The molecule has 0 aromatic heterocycles. The number of ether oxygens (including phenoxy) is 1. The van der Waals surface area contributed by atoms with Gasteiger partial charge in [-0.25, -0.2) is 0 Å². The second-order valence-corrected chi connectivity index (χ2v) is 8.67. The second-order valence-electron chi connectivity index (χ2n) is 7.24. The summed E-state index contributed by atoms with van der Waals surface area (Å²) in [5.74, 6) is 0.408. The highest BCUT2D eigenvalue weighted by Gasteiger charge is 2.34. The topological polar surface area (TPSA) is 46.6 Å². The van der Waals surface area contributed by atoms with Crippen molar-refractivity contribution in [3.63, 3.8) is 0 Å². The summed E-state index contributed by atoms with van der Waals surface area (Å²) in [5.41, 5.74) is 3.86. The number of aryl methyl sites for hydroxylation is 1. The van der Waals surface area contributed by atoms with Crippen LogP contribution in [0.5, 0.6) is 5.75 Å². The molecular weight excluding hydrogens is 430 g/mol. The van der Waals surface area contributed by atoms with Gasteiger partial charge in [0.25, 0.3) is 11.1 Å². The summed E-state index contributed by atoms with van der Waals surface area (Å²) in [6, 6.07) is 22.7. The number of nitrogens with zero attached hydrogens (tertiary/aromatic N) is 1. The third-order valence-electron chi connectivity index (χ3n) is 4.81. The maximum atomic E-state index is 12.8. The molecular formula is C25H20ClNO3S. The zero-order valence-electron chi connectivity index (χ0n) is 16.9. The van der Waals surface area contributed by atoms with Crippen molar-refractivity contribution in [1.82, 2.24) is 4.90 Å². The number of halogens is 1. The lowest BCUT2D eigenvalue weighted by Crippen LogP contribution is -2.27. The Morgan fingerprint density at radius 3 is 2.42 bits per heavy atom. The number of carbonyl (C=O) groups is 2. The predicted octanol–water partition coefficient (Wildman–Crippen LogP) is 6.46. The van der Waals surface area contributed by atoms with Crippen LogP contribution in [0.15, 0.2) is 77.7 Å². The summed E-state index contributed by atoms with van der Waals surface area (Å²) in [5, 5.41) is 0.425. The van der Waals surface area contributed by atoms with Crippen LogP contribution >= 0.6 is 23.4 Å². The number of imide groups is 1. The molecule has 1 saturated heterocycles. The number of carbonyl (C=O) groups excluding carboxylic acids is 2. The van der Waals surface area contributed by atoms with Crippen LogP contribution in [-0.2, 0) is 17.9 Å². The van der Waals surface area contributed by atoms with Gasteiger partial charge in [0, 0.05) is 5.02 Å². The van der Waals surface area contributed by atoms with E-state index >= 15 is 0 Å². The number of amides is 2. The van der Waals surface area contributed by atoms with Crippen LogP contribution in [0, 0.1) is 6.92 Å². The van der Waals surface area contributed by atoms with E-state index in [1.165, 1.54) is 4.90 Å². The van der Waals surface area contributed by atoms with E-state index in [4.69, 9.17) is 16.3 Å². The highest BCUT2D eigenvalue weighted by atomic mass is 35.5. The summed E-state index contributed by atoms with van der Waals surface area (Å²) in [6.45, 7) is 2.68. The van der Waals surface area contributed by atoms with Crippen molar-refractivity contribution in [2.24, 2.45) is 0 Å². The number of thioether (sulfide) groups is 1. The van der Waals surface area contributed by atoms with E-state index in [-0.39, 0.29) is 17.7 Å². The average molecular weight is 450 g/mol. The van der Waals surface area contributed by atoms with E-state index in [1.54, 1.807) is 6.08 Å². The SMILES string of the molecule is Cc1ccc(CN2C(=O)S/C(=C\c3cccc(OCc4ccc(Cl)cc4)c3)C2=O)cc1. The van der Waals surface area contributed by atoms with Crippen molar-refractivity contribution in [2.75, 3.05) is 0 Å². The minimum Gasteiger partial charge on any atom is -0.489 e. The van der Waals surface area contributed by atoms with Crippen molar-refractivity contribution >= 4 is 40.6 Å². The fourth-order valence-corrected chi connectivity index (χ4v) is 4.07. The molecule has 1 fully saturated rings. The van der Waals surface area contributed by atoms with Crippen molar-refractivity contribution in [2.45, 2.75) is 20.1 Å². The molecule has 1 aliphatic heterocycles. The Morgan fingerprint density at radius 1 is 0.968 bits per heavy atom. The van der Waals surface area contributed by atoms with E-state index in [0.29, 0.717) is 22.3 Å². The fourth-order valence-electron chi connectivity index (χ4n) is 3.11. The third-order valence-corrected chi connectivity index (χ3v) is 5.97. The largest absolute Gasteiger partial charge is 0.489 e. The summed E-state index contributed by atoms with van der Waals surface area (Å²) in [4.78, 5) is 26.9. The highest BCUT2D eigenvalue weighted by Crippen LogP contribution is 2.33. The van der Waals surface area contributed by atoms with Gasteiger partial charge in [-0.3, -0.25) is 14.5 Å². The standard InChI is InChI=1S/C25H20ClNO3S/c1-17-5-7-18(8-6-17)15-27-24(28)23(31-25(27)29)14-20-3-2-4-22(13-20)30-16-19-9-11-21(26)12-10-19/h2-14H,15-16H2,1H3/b23-14-. The van der Waals surface area contributed by atoms with Crippen LogP contribution in [-0.4, -0.2) is 16.0 Å². The fraction of sp³-hybridized carbons (Fsp3) is 0.120. The van der Waals surface area contributed by atoms with Crippen LogP contribution in [0.2, 0.25) is 5.02 Å². The molecule has 0 radical (unpaired) electrons. The molecule has 6 heteroatoms. The van der Waals surface area contributed by atoms with Gasteiger partial charge < -0.3 is 4.74 Å². The molecule has 0 saturated carbocycles. The Labute approximate surface area is 190 Å². The van der Waals surface area contributed by atoms with E-state index in [0.717, 1.165) is 34.0 Å². The first-order chi connectivity index (χ1) is 15.0. The monoisotopic (exact) mass is 449 g/mol. The summed E-state index contributed by atoms with van der Waals surface area (Å²) < 4.78 is 5.85. The maximum absolute atomic E-state index is 12.8. The van der Waals surface area contributed by atoms with Gasteiger partial charge >= 0.3 is 0 Å². The highest BCUT2D eigenvalue weighted by molar-refractivity contribution is 8.18. The van der Waals surface area contributed by atoms with Gasteiger partial charge in [-0.15, -0.1) is 0 Å². The molecule has 31 heavy (non-hydrogen) atoms. The number of benzene rings is 3. The van der Waals surface area contributed by atoms with Gasteiger partial charge in [0.1, 0.15) is 12.4 Å². The average Bonchev–Trinajstić information content (AvgIpc) is 3.02. The molecule has 3 aromatic rings. The molecule has 0 bridgehead atoms. The van der Waals surface area contributed by atoms with Crippen LogP contribution in [0.1, 0.15) is 22.3 Å². The molecule has 0 N–H and O–H groups in total. The molecule has 3 aromatic carbocycles. The Morgan fingerprint density at radius 2 is 1.68 bits per heavy atom. The summed E-state index contributed by atoms with van der Waals surface area (Å²) >= 11 is 6.87. The molecule has 1 heterocycles. The predicted molar refractivity (Wildman–Crippen MR) is 125 cm³/mol. The third kappa shape index (κ3) is 5.37. The summed E-state index contributed by atoms with van der Waals surface area (Å²) in [6.07, 6.45) is 1.73. The molecule has 1 aliphatic rings. The molecule has 0 spiro atoms. The maximum Gasteiger partial charge on any atom is 0.293 e. The van der Waals surface area contributed by atoms with Gasteiger partial charge in [-0.1, -0.05) is 65.7 Å². The summed E-state index contributed by atoms with van der Waals surface area (Å²) in [7, 11) is 0. The zero-order valence-corrected chi connectivity index (χ0v) is 18.5. The van der Waals surface area contributed by atoms with E-state index in [2.05, 4.69) is 0 Å². The van der Waals surface area contributed by atoms with Crippen LogP contribution in [0.3, 0.4) is 0 Å². The molecule has 0 unspecified atom stereocenters. The lowest BCUT2D eigenvalue weighted by molar-refractivity contribution is -0.123. The lowest BCUT2D eigenvalue weighted by atomic mass is 10.1. The van der Waals surface area contributed by atoms with Crippen molar-refractivity contribution in [3.8, 4) is 5.75 Å². The van der Waals surface area contributed by atoms with Crippen LogP contribution in [0.25, 0.3) is 6.08 Å². The zero-order chi connectivity index (χ0) is 21.8. The quantitative estimate of drug-likeness (QED) is 0.405. The minimum atomic E-state index is -0.275. The second kappa shape index (κ2) is 9.41. The van der Waals surface area contributed by atoms with Gasteiger partial charge in [-0.05, 0) is 65.7 Å². The van der Waals surface area contributed by atoms with E-state index < -0.39 is 0 Å². The Hall–Kier alpha value is -3.02. The minimum absolute atomic E-state index is 0.257. The van der Waals surface area contributed by atoms with E-state index in [1.807, 2.05) is 79.7 Å². The van der Waals surface area contributed by atoms with Gasteiger partial charge in [0.15, 0.2) is 0 Å². The first-order valence-corrected chi connectivity index (χ1v) is 11.0. The van der Waals surface area contributed by atoms with Crippen LogP contribution in [0.4, 0.5) is 4.79 Å². The Bertz CT molecular complexity index is 1140. The molecule has 0 aliphatic carbocycles. The van der Waals surface area contributed by atoms with E-state index in [9.17, 15) is 9.59 Å². The number of hydrogen-bond donors (Lipinski definition) is 0. The Balaban J connectivity index is 1.44. The van der Waals surface area contributed by atoms with Crippen LogP contribution < -0.4 is 4.74 Å².